The van der Waals surface area contributed by atoms with Gasteiger partial charge in [-0.15, -0.1) is 0 Å². The van der Waals surface area contributed by atoms with E-state index in [1.54, 1.807) is 0 Å². The number of hydrogen-bond acceptors (Lipinski definition) is 3. The number of allylic oxidation sites excluding steroid dienone is 2. The second-order valence-corrected chi connectivity index (χ2v) is 2.90. The van der Waals surface area contributed by atoms with E-state index >= 15 is 0 Å². The molecule has 1 aliphatic rings. The topological polar surface area (TPSA) is 29.5 Å². The molecule has 0 saturated carbocycles. The summed E-state index contributed by atoms with van der Waals surface area (Å²) in [5.74, 6) is -0.251. The van der Waals surface area contributed by atoms with Crippen molar-refractivity contribution in [3.05, 3.63) is 23.9 Å². The van der Waals surface area contributed by atoms with Crippen molar-refractivity contribution in [2.24, 2.45) is 0 Å². The third-order valence-corrected chi connectivity index (χ3v) is 1.65. The van der Waals surface area contributed by atoms with Gasteiger partial charge >= 0.3 is 5.97 Å². The number of nitrogens with zero attached hydrogens (tertiary/aromatic N) is 1. The highest BCUT2D eigenvalue weighted by molar-refractivity contribution is 5.67. The van der Waals surface area contributed by atoms with E-state index < -0.39 is 0 Å². The van der Waals surface area contributed by atoms with Crippen LogP contribution in [-0.4, -0.2) is 31.1 Å². The second-order valence-electron chi connectivity index (χ2n) is 2.90. The van der Waals surface area contributed by atoms with Crippen molar-refractivity contribution in [2.45, 2.75) is 13.0 Å². The maximum Gasteiger partial charge on any atom is 0.303 e. The first kappa shape index (κ1) is 8.84. The van der Waals surface area contributed by atoms with Crippen molar-refractivity contribution in [3.8, 4) is 0 Å². The number of carbonyl (C=O) groups excluding carboxylic acids is 1. The smallest absolute Gasteiger partial charge is 0.303 e. The van der Waals surface area contributed by atoms with Gasteiger partial charge in [-0.3, -0.25) is 4.79 Å². The van der Waals surface area contributed by atoms with Gasteiger partial charge in [0.2, 0.25) is 0 Å². The zero-order valence-corrected chi connectivity index (χ0v) is 7.57. The molecule has 0 spiro atoms. The lowest BCUT2D eigenvalue weighted by molar-refractivity contribution is -0.143. The fourth-order valence-corrected chi connectivity index (χ4v) is 1.13. The van der Waals surface area contributed by atoms with Gasteiger partial charge in [-0.05, 0) is 12.2 Å². The van der Waals surface area contributed by atoms with E-state index in [1.807, 2.05) is 37.2 Å². The van der Waals surface area contributed by atoms with Gasteiger partial charge in [-0.25, -0.2) is 0 Å². The van der Waals surface area contributed by atoms with Crippen molar-refractivity contribution in [3.63, 3.8) is 0 Å². The van der Waals surface area contributed by atoms with E-state index in [2.05, 4.69) is 0 Å². The average molecular weight is 167 g/mol. The Morgan fingerprint density at radius 1 is 1.58 bits per heavy atom. The van der Waals surface area contributed by atoms with Crippen LogP contribution >= 0.6 is 0 Å². The predicted molar refractivity (Wildman–Crippen MR) is 46.5 cm³/mol. The Bertz CT molecular complexity index is 241. The highest BCUT2D eigenvalue weighted by Crippen LogP contribution is 2.17. The van der Waals surface area contributed by atoms with Crippen LogP contribution in [0.15, 0.2) is 23.9 Å². The average Bonchev–Trinajstić information content (AvgIpc) is 2.33. The zero-order valence-electron chi connectivity index (χ0n) is 7.57. The van der Waals surface area contributed by atoms with E-state index in [1.165, 1.54) is 6.92 Å². The molecule has 1 aliphatic carbocycles. The van der Waals surface area contributed by atoms with Gasteiger partial charge in [-0.1, -0.05) is 6.08 Å². The Kier molecular flexibility index (Phi) is 2.53. The van der Waals surface area contributed by atoms with E-state index in [-0.39, 0.29) is 12.1 Å². The third kappa shape index (κ3) is 1.87. The number of rotatable bonds is 2. The fourth-order valence-electron chi connectivity index (χ4n) is 1.13. The van der Waals surface area contributed by atoms with Gasteiger partial charge in [-0.2, -0.15) is 0 Å². The molecule has 3 heteroatoms. The van der Waals surface area contributed by atoms with E-state index in [0.717, 1.165) is 5.70 Å². The molecule has 0 aromatic carbocycles. The van der Waals surface area contributed by atoms with Crippen molar-refractivity contribution in [1.82, 2.24) is 4.90 Å². The molecular formula is C9H13NO2. The first-order valence-electron chi connectivity index (χ1n) is 3.84. The first-order chi connectivity index (χ1) is 5.61. The van der Waals surface area contributed by atoms with Gasteiger partial charge in [0, 0.05) is 21.0 Å². The number of esters is 1. The maximum absolute atomic E-state index is 10.7. The standard InChI is InChI=1S/C9H13NO2/c1-7(11)12-9-6-4-5-8(9)10(2)3/h4-6,9H,1-3H3. The minimum atomic E-state index is -0.251. The summed E-state index contributed by atoms with van der Waals surface area (Å²) in [4.78, 5) is 12.6. The summed E-state index contributed by atoms with van der Waals surface area (Å²) in [6, 6.07) is 0. The Labute approximate surface area is 72.3 Å². The first-order valence-corrected chi connectivity index (χ1v) is 3.84. The molecule has 1 unspecified atom stereocenters. The van der Waals surface area contributed by atoms with E-state index in [0.29, 0.717) is 0 Å². The summed E-state index contributed by atoms with van der Waals surface area (Å²) in [5, 5.41) is 0. The summed E-state index contributed by atoms with van der Waals surface area (Å²) in [6.07, 6.45) is 5.49. The minimum absolute atomic E-state index is 0.197. The molecule has 66 valence electrons. The number of likely N-dealkylation sites (N-methyl/N-ethyl adjacent to an activating group) is 1. The molecule has 3 nitrogen and oxygen atoms in total. The molecule has 0 aromatic heterocycles. The minimum Gasteiger partial charge on any atom is -0.452 e. The Morgan fingerprint density at radius 2 is 2.25 bits per heavy atom. The molecule has 0 radical (unpaired) electrons. The fraction of sp³-hybridized carbons (Fsp3) is 0.444. The third-order valence-electron chi connectivity index (χ3n) is 1.65. The monoisotopic (exact) mass is 167 g/mol. The van der Waals surface area contributed by atoms with Crippen molar-refractivity contribution in [1.29, 1.82) is 0 Å². The second kappa shape index (κ2) is 3.43. The van der Waals surface area contributed by atoms with E-state index in [4.69, 9.17) is 4.74 Å². The van der Waals surface area contributed by atoms with Gasteiger partial charge in [0.1, 0.15) is 0 Å². The van der Waals surface area contributed by atoms with Crippen molar-refractivity contribution < 1.29 is 9.53 Å². The van der Waals surface area contributed by atoms with Crippen LogP contribution in [0.1, 0.15) is 6.92 Å². The quantitative estimate of drug-likeness (QED) is 0.573. The highest BCUT2D eigenvalue weighted by atomic mass is 16.5. The van der Waals surface area contributed by atoms with E-state index in [9.17, 15) is 4.79 Å². The van der Waals surface area contributed by atoms with Crippen LogP contribution in [0.25, 0.3) is 0 Å². The van der Waals surface area contributed by atoms with Crippen molar-refractivity contribution >= 4 is 5.97 Å². The van der Waals surface area contributed by atoms with Gasteiger partial charge in [0.25, 0.3) is 0 Å². The van der Waals surface area contributed by atoms with Crippen LogP contribution in [0.4, 0.5) is 0 Å². The SMILES string of the molecule is CC(=O)OC1C=CC=C1N(C)C. The highest BCUT2D eigenvalue weighted by Gasteiger charge is 2.18. The molecular weight excluding hydrogens is 154 g/mol. The summed E-state index contributed by atoms with van der Waals surface area (Å²) in [5.41, 5.74) is 1.00. The molecule has 0 heterocycles. The molecule has 12 heavy (non-hydrogen) atoms. The Balaban J connectivity index is 2.61. The van der Waals surface area contributed by atoms with Gasteiger partial charge < -0.3 is 9.64 Å². The molecule has 0 amide bonds. The maximum atomic E-state index is 10.7. The normalized spacial score (nSPS) is 20.6. The molecule has 1 rings (SSSR count). The van der Waals surface area contributed by atoms with Crippen LogP contribution in [0.2, 0.25) is 0 Å². The molecule has 0 aliphatic heterocycles. The number of hydrogen-bond donors (Lipinski definition) is 0. The van der Waals surface area contributed by atoms with Crippen LogP contribution < -0.4 is 0 Å². The van der Waals surface area contributed by atoms with Crippen LogP contribution in [0, 0.1) is 0 Å². The summed E-state index contributed by atoms with van der Waals surface area (Å²) >= 11 is 0. The summed E-state index contributed by atoms with van der Waals surface area (Å²) in [6.45, 7) is 1.42. The van der Waals surface area contributed by atoms with Gasteiger partial charge in [0.15, 0.2) is 6.10 Å². The largest absolute Gasteiger partial charge is 0.452 e. The lowest BCUT2D eigenvalue weighted by Gasteiger charge is -2.20. The molecule has 0 saturated heterocycles. The predicted octanol–water partition coefficient (Wildman–Crippen LogP) is 0.933. The molecule has 0 bridgehead atoms. The lowest BCUT2D eigenvalue weighted by Crippen LogP contribution is -2.24. The molecule has 1 atom stereocenters. The molecule has 0 fully saturated rings. The van der Waals surface area contributed by atoms with Crippen LogP contribution in [0.3, 0.4) is 0 Å². The van der Waals surface area contributed by atoms with Gasteiger partial charge in [0.05, 0.1) is 5.70 Å². The summed E-state index contributed by atoms with van der Waals surface area (Å²) < 4.78 is 5.05. The molecule has 0 N–H and O–H groups in total. The Hall–Kier alpha value is -1.25. The van der Waals surface area contributed by atoms with Crippen molar-refractivity contribution in [2.75, 3.05) is 14.1 Å². The molecule has 0 aromatic rings. The van der Waals surface area contributed by atoms with Crippen LogP contribution in [-0.2, 0) is 9.53 Å². The van der Waals surface area contributed by atoms with Crippen LogP contribution in [0.5, 0.6) is 0 Å². The summed E-state index contributed by atoms with van der Waals surface area (Å²) in [7, 11) is 3.85. The lowest BCUT2D eigenvalue weighted by atomic mass is 10.3. The number of carbonyl (C=O) groups is 1. The zero-order chi connectivity index (χ0) is 9.14. The Morgan fingerprint density at radius 3 is 2.75 bits per heavy atom. The number of ether oxygens (including phenoxy) is 1.